The molecule has 3 heteroatoms. The molecule has 2 fully saturated rings. The van der Waals surface area contributed by atoms with Gasteiger partial charge in [0.05, 0.1) is 0 Å². The van der Waals surface area contributed by atoms with Crippen molar-refractivity contribution in [3.05, 3.63) is 0 Å². The van der Waals surface area contributed by atoms with Gasteiger partial charge in [0, 0.05) is 31.6 Å². The van der Waals surface area contributed by atoms with Crippen LogP contribution in [0.25, 0.3) is 0 Å². The van der Waals surface area contributed by atoms with Gasteiger partial charge in [-0.05, 0) is 12.8 Å². The first-order chi connectivity index (χ1) is 5.79. The third kappa shape index (κ3) is 1.33. The molecule has 2 aliphatic heterocycles. The van der Waals surface area contributed by atoms with Crippen molar-refractivity contribution in [2.45, 2.75) is 38.3 Å². The van der Waals surface area contributed by atoms with E-state index in [1.807, 2.05) is 11.8 Å². The summed E-state index contributed by atoms with van der Waals surface area (Å²) in [6.07, 6.45) is 3.15. The van der Waals surface area contributed by atoms with E-state index >= 15 is 0 Å². The van der Waals surface area contributed by atoms with Gasteiger partial charge in [0.2, 0.25) is 5.91 Å². The van der Waals surface area contributed by atoms with Crippen molar-refractivity contribution < 1.29 is 4.79 Å². The Morgan fingerprint density at radius 1 is 1.42 bits per heavy atom. The highest BCUT2D eigenvalue weighted by Crippen LogP contribution is 2.20. The largest absolute Gasteiger partial charge is 0.340 e. The van der Waals surface area contributed by atoms with E-state index in [9.17, 15) is 4.79 Å². The van der Waals surface area contributed by atoms with Crippen LogP contribution in [0.1, 0.15) is 26.2 Å². The van der Waals surface area contributed by atoms with E-state index in [0.717, 1.165) is 13.1 Å². The van der Waals surface area contributed by atoms with Crippen LogP contribution in [0, 0.1) is 0 Å². The highest BCUT2D eigenvalue weighted by atomic mass is 16.2. The van der Waals surface area contributed by atoms with Crippen LogP contribution < -0.4 is 5.32 Å². The lowest BCUT2D eigenvalue weighted by Crippen LogP contribution is -2.52. The molecule has 2 unspecified atom stereocenters. The molecule has 0 aliphatic carbocycles. The molecule has 0 aromatic rings. The molecule has 68 valence electrons. The molecular weight excluding hydrogens is 152 g/mol. The summed E-state index contributed by atoms with van der Waals surface area (Å²) < 4.78 is 0. The summed E-state index contributed by atoms with van der Waals surface area (Å²) in [5.74, 6) is 0.313. The Hall–Kier alpha value is -0.570. The topological polar surface area (TPSA) is 32.3 Å². The number of amides is 1. The third-order valence-electron chi connectivity index (χ3n) is 2.87. The third-order valence-corrected chi connectivity index (χ3v) is 2.87. The highest BCUT2D eigenvalue weighted by molar-refractivity contribution is 5.76. The smallest absolute Gasteiger partial charge is 0.222 e. The van der Waals surface area contributed by atoms with Gasteiger partial charge < -0.3 is 10.2 Å². The van der Waals surface area contributed by atoms with E-state index in [1.165, 1.54) is 12.8 Å². The van der Waals surface area contributed by atoms with Crippen LogP contribution in [0.2, 0.25) is 0 Å². The minimum Gasteiger partial charge on any atom is -0.340 e. The number of nitrogens with zero attached hydrogens (tertiary/aromatic N) is 1. The predicted octanol–water partition coefficient (Wildman–Crippen LogP) is 0.359. The lowest BCUT2D eigenvalue weighted by atomic mass is 10.2. The van der Waals surface area contributed by atoms with Crippen molar-refractivity contribution >= 4 is 5.91 Å². The van der Waals surface area contributed by atoms with E-state index < -0.39 is 0 Å². The molecule has 0 radical (unpaired) electrons. The van der Waals surface area contributed by atoms with E-state index in [-0.39, 0.29) is 0 Å². The zero-order valence-electron chi connectivity index (χ0n) is 7.55. The number of likely N-dealkylation sites (tertiary alicyclic amines) is 1. The van der Waals surface area contributed by atoms with Gasteiger partial charge in [0.15, 0.2) is 0 Å². The van der Waals surface area contributed by atoms with E-state index in [4.69, 9.17) is 0 Å². The normalized spacial score (nSPS) is 33.9. The summed E-state index contributed by atoms with van der Waals surface area (Å²) in [5, 5.41) is 3.51. The maximum absolute atomic E-state index is 11.4. The number of carbonyl (C=O) groups excluding carboxylic acids is 1. The zero-order chi connectivity index (χ0) is 8.55. The fraction of sp³-hybridized carbons (Fsp3) is 0.889. The minimum absolute atomic E-state index is 0.313. The molecule has 0 saturated carbocycles. The monoisotopic (exact) mass is 168 g/mol. The number of carbonyl (C=O) groups is 1. The van der Waals surface area contributed by atoms with Gasteiger partial charge in [-0.3, -0.25) is 4.79 Å². The Balaban J connectivity index is 1.98. The average Bonchev–Trinajstić information content (AvgIpc) is 2.44. The number of hydrogen-bond donors (Lipinski definition) is 1. The van der Waals surface area contributed by atoms with Crippen molar-refractivity contribution in [3.63, 3.8) is 0 Å². The standard InChI is InChI=1S/C9H16N2O/c1-2-9(12)11-5-7-3-4-8(6-11)10-7/h7-8,10H,2-6H2,1H3. The van der Waals surface area contributed by atoms with Gasteiger partial charge >= 0.3 is 0 Å². The average molecular weight is 168 g/mol. The van der Waals surface area contributed by atoms with Crippen LogP contribution >= 0.6 is 0 Å². The van der Waals surface area contributed by atoms with Crippen LogP contribution in [0.3, 0.4) is 0 Å². The second-order valence-electron chi connectivity index (χ2n) is 3.79. The van der Waals surface area contributed by atoms with Crippen LogP contribution in [0.15, 0.2) is 0 Å². The molecule has 0 spiro atoms. The maximum atomic E-state index is 11.4. The number of hydrogen-bond acceptors (Lipinski definition) is 2. The van der Waals surface area contributed by atoms with Crippen LogP contribution in [0.4, 0.5) is 0 Å². The van der Waals surface area contributed by atoms with Gasteiger partial charge in [-0.2, -0.15) is 0 Å². The lowest BCUT2D eigenvalue weighted by Gasteiger charge is -2.32. The fourth-order valence-corrected chi connectivity index (χ4v) is 2.22. The molecule has 3 nitrogen and oxygen atoms in total. The fourth-order valence-electron chi connectivity index (χ4n) is 2.22. The Labute approximate surface area is 73.1 Å². The van der Waals surface area contributed by atoms with Crippen molar-refractivity contribution in [2.75, 3.05) is 13.1 Å². The van der Waals surface area contributed by atoms with Gasteiger partial charge in [-0.15, -0.1) is 0 Å². The van der Waals surface area contributed by atoms with Gasteiger partial charge in [-0.25, -0.2) is 0 Å². The second-order valence-corrected chi connectivity index (χ2v) is 3.79. The predicted molar refractivity (Wildman–Crippen MR) is 46.8 cm³/mol. The number of rotatable bonds is 1. The Morgan fingerprint density at radius 3 is 2.50 bits per heavy atom. The van der Waals surface area contributed by atoms with Crippen molar-refractivity contribution in [1.82, 2.24) is 10.2 Å². The molecule has 2 atom stereocenters. The van der Waals surface area contributed by atoms with E-state index in [2.05, 4.69) is 5.32 Å². The number of fused-ring (bicyclic) bond motifs is 2. The summed E-state index contributed by atoms with van der Waals surface area (Å²) in [5.41, 5.74) is 0. The molecule has 2 bridgehead atoms. The van der Waals surface area contributed by atoms with E-state index in [0.29, 0.717) is 24.4 Å². The maximum Gasteiger partial charge on any atom is 0.222 e. The van der Waals surface area contributed by atoms with Crippen molar-refractivity contribution in [1.29, 1.82) is 0 Å². The van der Waals surface area contributed by atoms with Crippen LogP contribution in [-0.2, 0) is 4.79 Å². The van der Waals surface area contributed by atoms with Crippen LogP contribution in [0.5, 0.6) is 0 Å². The molecule has 0 aromatic heterocycles. The molecule has 2 aliphatic rings. The Bertz CT molecular complexity index is 181. The van der Waals surface area contributed by atoms with Crippen LogP contribution in [-0.4, -0.2) is 36.0 Å². The number of piperazine rings is 1. The molecule has 2 heterocycles. The molecule has 1 N–H and O–H groups in total. The summed E-state index contributed by atoms with van der Waals surface area (Å²) in [6, 6.07) is 1.17. The summed E-state index contributed by atoms with van der Waals surface area (Å²) >= 11 is 0. The summed E-state index contributed by atoms with van der Waals surface area (Å²) in [4.78, 5) is 13.4. The second kappa shape index (κ2) is 3.05. The van der Waals surface area contributed by atoms with E-state index in [1.54, 1.807) is 0 Å². The first-order valence-electron chi connectivity index (χ1n) is 4.83. The van der Waals surface area contributed by atoms with Gasteiger partial charge in [0.25, 0.3) is 0 Å². The highest BCUT2D eigenvalue weighted by Gasteiger charge is 2.33. The van der Waals surface area contributed by atoms with Gasteiger partial charge in [0.1, 0.15) is 0 Å². The zero-order valence-corrected chi connectivity index (χ0v) is 7.55. The summed E-state index contributed by atoms with van der Waals surface area (Å²) in [6.45, 7) is 3.80. The molecule has 0 aromatic carbocycles. The molecular formula is C9H16N2O. The molecule has 2 rings (SSSR count). The van der Waals surface area contributed by atoms with Crippen molar-refractivity contribution in [2.24, 2.45) is 0 Å². The minimum atomic E-state index is 0.313. The Kier molecular flexibility index (Phi) is 2.05. The van der Waals surface area contributed by atoms with Crippen molar-refractivity contribution in [3.8, 4) is 0 Å². The summed E-state index contributed by atoms with van der Waals surface area (Å²) in [7, 11) is 0. The first-order valence-corrected chi connectivity index (χ1v) is 4.83. The molecule has 12 heavy (non-hydrogen) atoms. The lowest BCUT2D eigenvalue weighted by molar-refractivity contribution is -0.132. The molecule has 2 saturated heterocycles. The SMILES string of the molecule is CCC(=O)N1CC2CCC(C1)N2. The number of nitrogens with one attached hydrogen (secondary N) is 1. The Morgan fingerprint density at radius 2 is 2.00 bits per heavy atom. The molecule has 1 amide bonds. The first kappa shape index (κ1) is 8.05. The van der Waals surface area contributed by atoms with Gasteiger partial charge in [-0.1, -0.05) is 6.92 Å². The quantitative estimate of drug-likeness (QED) is 0.613.